The summed E-state index contributed by atoms with van der Waals surface area (Å²) in [6.07, 6.45) is 8.68. The van der Waals surface area contributed by atoms with E-state index in [0.29, 0.717) is 0 Å². The van der Waals surface area contributed by atoms with Crippen LogP contribution < -0.4 is 5.32 Å². The van der Waals surface area contributed by atoms with Crippen LogP contribution in [0.15, 0.2) is 23.8 Å². The molecule has 0 rings (SSSR count). The van der Waals surface area contributed by atoms with Gasteiger partial charge in [-0.25, -0.2) is 0 Å². The Kier molecular flexibility index (Phi) is 17.9. The fourth-order valence-electron chi connectivity index (χ4n) is 1.39. The van der Waals surface area contributed by atoms with Crippen LogP contribution in [0.2, 0.25) is 0 Å². The Bertz CT molecular complexity index is 213. The third-order valence-corrected chi connectivity index (χ3v) is 2.22. The zero-order chi connectivity index (χ0) is 14.2. The van der Waals surface area contributed by atoms with Crippen LogP contribution in [0.1, 0.15) is 47.0 Å². The zero-order valence-corrected chi connectivity index (χ0v) is 12.4. The van der Waals surface area contributed by atoms with Crippen molar-refractivity contribution in [3.05, 3.63) is 23.8 Å². The SMILES string of the molecule is CC/C=C\C(=C/CC)[C@@H](O)CCNCC.CCO. The average molecular weight is 257 g/mol. The van der Waals surface area contributed by atoms with Crippen LogP contribution in [0.4, 0.5) is 0 Å². The van der Waals surface area contributed by atoms with Gasteiger partial charge in [0.1, 0.15) is 0 Å². The molecular formula is C15H31NO2. The summed E-state index contributed by atoms with van der Waals surface area (Å²) in [5.41, 5.74) is 1.05. The summed E-state index contributed by atoms with van der Waals surface area (Å²) in [6.45, 7) is 10.0. The van der Waals surface area contributed by atoms with E-state index in [2.05, 4.69) is 38.2 Å². The number of nitrogens with one attached hydrogen (secondary N) is 1. The Morgan fingerprint density at radius 3 is 2.22 bits per heavy atom. The quantitative estimate of drug-likeness (QED) is 0.463. The van der Waals surface area contributed by atoms with E-state index in [9.17, 15) is 5.11 Å². The Hall–Kier alpha value is -0.640. The predicted molar refractivity (Wildman–Crippen MR) is 79.7 cm³/mol. The molecule has 0 aliphatic carbocycles. The molecule has 3 heteroatoms. The van der Waals surface area contributed by atoms with Crippen LogP contribution in [-0.2, 0) is 0 Å². The number of aliphatic hydroxyl groups is 2. The summed E-state index contributed by atoms with van der Waals surface area (Å²) >= 11 is 0. The molecular weight excluding hydrogens is 226 g/mol. The number of hydrogen-bond acceptors (Lipinski definition) is 3. The molecule has 0 amide bonds. The van der Waals surface area contributed by atoms with Gasteiger partial charge in [-0.15, -0.1) is 0 Å². The summed E-state index contributed by atoms with van der Waals surface area (Å²) in [7, 11) is 0. The third-order valence-electron chi connectivity index (χ3n) is 2.22. The van der Waals surface area contributed by atoms with Gasteiger partial charge in [0.2, 0.25) is 0 Å². The lowest BCUT2D eigenvalue weighted by atomic mass is 10.0. The molecule has 0 aromatic rings. The van der Waals surface area contributed by atoms with Crippen molar-refractivity contribution >= 4 is 0 Å². The van der Waals surface area contributed by atoms with Crippen LogP contribution in [0.5, 0.6) is 0 Å². The minimum absolute atomic E-state index is 0.250. The predicted octanol–water partition coefficient (Wildman–Crippen LogP) is 2.65. The molecule has 0 fully saturated rings. The van der Waals surface area contributed by atoms with Gasteiger partial charge in [-0.3, -0.25) is 0 Å². The highest BCUT2D eigenvalue weighted by Gasteiger charge is 2.06. The maximum Gasteiger partial charge on any atom is 0.0799 e. The normalized spacial score (nSPS) is 13.3. The summed E-state index contributed by atoms with van der Waals surface area (Å²) in [6, 6.07) is 0. The van der Waals surface area contributed by atoms with Gasteiger partial charge in [0.15, 0.2) is 0 Å². The fourth-order valence-corrected chi connectivity index (χ4v) is 1.39. The largest absolute Gasteiger partial charge is 0.397 e. The van der Waals surface area contributed by atoms with Gasteiger partial charge in [0.25, 0.3) is 0 Å². The van der Waals surface area contributed by atoms with Crippen molar-refractivity contribution in [1.82, 2.24) is 5.32 Å². The van der Waals surface area contributed by atoms with Gasteiger partial charge in [-0.2, -0.15) is 0 Å². The molecule has 0 unspecified atom stereocenters. The first-order valence-corrected chi connectivity index (χ1v) is 7.03. The Morgan fingerprint density at radius 1 is 1.17 bits per heavy atom. The molecule has 0 aliphatic heterocycles. The van der Waals surface area contributed by atoms with E-state index in [0.717, 1.165) is 37.9 Å². The minimum atomic E-state index is -0.327. The van der Waals surface area contributed by atoms with Gasteiger partial charge in [-0.1, -0.05) is 39.0 Å². The molecule has 0 bridgehead atoms. The van der Waals surface area contributed by atoms with Crippen LogP contribution in [-0.4, -0.2) is 36.0 Å². The number of allylic oxidation sites excluding steroid dienone is 2. The van der Waals surface area contributed by atoms with Crippen LogP contribution >= 0.6 is 0 Å². The first kappa shape index (κ1) is 19.7. The molecule has 3 N–H and O–H groups in total. The second-order valence-corrected chi connectivity index (χ2v) is 3.90. The van der Waals surface area contributed by atoms with Gasteiger partial charge < -0.3 is 15.5 Å². The average Bonchev–Trinajstić information content (AvgIpc) is 2.35. The molecule has 3 nitrogen and oxygen atoms in total. The summed E-state index contributed by atoms with van der Waals surface area (Å²) in [4.78, 5) is 0. The number of aliphatic hydroxyl groups excluding tert-OH is 2. The molecule has 0 aromatic carbocycles. The summed E-state index contributed by atoms with van der Waals surface area (Å²) in [5, 5.41) is 20.7. The lowest BCUT2D eigenvalue weighted by Gasteiger charge is -2.12. The standard InChI is InChI=1S/C13H25NO.C2H6O/c1-4-7-9-12(8-5-2)13(15)10-11-14-6-3;1-2-3/h7-9,13-15H,4-6,10-11H2,1-3H3;3H,2H2,1H3/b9-7-,12-8+;/t13-;/m0./s1. The highest BCUT2D eigenvalue weighted by Crippen LogP contribution is 2.09. The van der Waals surface area contributed by atoms with E-state index < -0.39 is 0 Å². The van der Waals surface area contributed by atoms with Crippen molar-refractivity contribution in [2.24, 2.45) is 0 Å². The highest BCUT2D eigenvalue weighted by atomic mass is 16.3. The molecule has 1 atom stereocenters. The van der Waals surface area contributed by atoms with Crippen molar-refractivity contribution in [3.8, 4) is 0 Å². The van der Waals surface area contributed by atoms with E-state index >= 15 is 0 Å². The molecule has 0 heterocycles. The van der Waals surface area contributed by atoms with Crippen molar-refractivity contribution < 1.29 is 10.2 Å². The van der Waals surface area contributed by atoms with E-state index in [1.807, 2.05) is 6.08 Å². The monoisotopic (exact) mass is 257 g/mol. The first-order valence-electron chi connectivity index (χ1n) is 7.03. The van der Waals surface area contributed by atoms with E-state index in [4.69, 9.17) is 5.11 Å². The molecule has 0 aromatic heterocycles. The van der Waals surface area contributed by atoms with Crippen LogP contribution in [0.25, 0.3) is 0 Å². The molecule has 0 aliphatic rings. The molecule has 0 spiro atoms. The van der Waals surface area contributed by atoms with Crippen LogP contribution in [0.3, 0.4) is 0 Å². The van der Waals surface area contributed by atoms with Gasteiger partial charge >= 0.3 is 0 Å². The van der Waals surface area contributed by atoms with Crippen LogP contribution in [0, 0.1) is 0 Å². The number of rotatable bonds is 8. The third kappa shape index (κ3) is 13.4. The second-order valence-electron chi connectivity index (χ2n) is 3.90. The lowest BCUT2D eigenvalue weighted by Crippen LogP contribution is -2.21. The van der Waals surface area contributed by atoms with Gasteiger partial charge in [0.05, 0.1) is 6.10 Å². The van der Waals surface area contributed by atoms with E-state index in [1.54, 1.807) is 6.92 Å². The van der Waals surface area contributed by atoms with Crippen molar-refractivity contribution in [3.63, 3.8) is 0 Å². The molecule has 18 heavy (non-hydrogen) atoms. The zero-order valence-electron chi connectivity index (χ0n) is 12.4. The van der Waals surface area contributed by atoms with Crippen molar-refractivity contribution in [2.45, 2.75) is 53.1 Å². The molecule has 108 valence electrons. The minimum Gasteiger partial charge on any atom is -0.397 e. The number of hydrogen-bond donors (Lipinski definition) is 3. The van der Waals surface area contributed by atoms with E-state index in [-0.39, 0.29) is 12.7 Å². The van der Waals surface area contributed by atoms with Crippen molar-refractivity contribution in [1.29, 1.82) is 0 Å². The maximum atomic E-state index is 9.93. The lowest BCUT2D eigenvalue weighted by molar-refractivity contribution is 0.203. The second kappa shape index (κ2) is 16.4. The molecule has 0 radical (unpaired) electrons. The summed E-state index contributed by atoms with van der Waals surface area (Å²) in [5.74, 6) is 0. The Labute approximate surface area is 113 Å². The maximum absolute atomic E-state index is 9.93. The van der Waals surface area contributed by atoms with Crippen molar-refractivity contribution in [2.75, 3.05) is 19.7 Å². The first-order chi connectivity index (χ1) is 8.67. The Morgan fingerprint density at radius 2 is 1.78 bits per heavy atom. The Balaban J connectivity index is 0. The molecule has 0 saturated heterocycles. The molecule has 0 saturated carbocycles. The summed E-state index contributed by atoms with van der Waals surface area (Å²) < 4.78 is 0. The smallest absolute Gasteiger partial charge is 0.0799 e. The highest BCUT2D eigenvalue weighted by molar-refractivity contribution is 5.22. The fraction of sp³-hybridized carbons (Fsp3) is 0.733. The topological polar surface area (TPSA) is 52.5 Å². The van der Waals surface area contributed by atoms with E-state index in [1.165, 1.54) is 0 Å². The van der Waals surface area contributed by atoms with Gasteiger partial charge in [0, 0.05) is 6.61 Å². The van der Waals surface area contributed by atoms with Gasteiger partial charge in [-0.05, 0) is 44.8 Å².